The Morgan fingerprint density at radius 3 is 2.88 bits per heavy atom. The SMILES string of the molecule is [N-]=[N+]=NCC(=O)OC/C=C/c1ccccc1. The number of hydrogen-bond acceptors (Lipinski definition) is 3. The summed E-state index contributed by atoms with van der Waals surface area (Å²) < 4.78 is 4.78. The monoisotopic (exact) mass is 217 g/mol. The molecule has 0 aliphatic carbocycles. The fourth-order valence-electron chi connectivity index (χ4n) is 1.02. The maximum Gasteiger partial charge on any atom is 0.312 e. The molecule has 5 nitrogen and oxygen atoms in total. The molecular weight excluding hydrogens is 206 g/mol. The molecule has 0 spiro atoms. The number of nitrogens with zero attached hydrogens (tertiary/aromatic N) is 3. The van der Waals surface area contributed by atoms with E-state index in [2.05, 4.69) is 10.0 Å². The number of esters is 1. The lowest BCUT2D eigenvalue weighted by atomic mass is 10.2. The molecule has 0 aromatic heterocycles. The molecule has 0 aliphatic heterocycles. The summed E-state index contributed by atoms with van der Waals surface area (Å²) in [4.78, 5) is 13.3. The van der Waals surface area contributed by atoms with Crippen molar-refractivity contribution in [2.75, 3.05) is 13.2 Å². The van der Waals surface area contributed by atoms with Crippen molar-refractivity contribution in [2.45, 2.75) is 0 Å². The highest BCUT2D eigenvalue weighted by Gasteiger charge is 1.96. The second-order valence-electron chi connectivity index (χ2n) is 2.89. The van der Waals surface area contributed by atoms with Crippen LogP contribution in [0.2, 0.25) is 0 Å². The molecule has 82 valence electrons. The molecular formula is C11H11N3O2. The molecule has 0 unspecified atom stereocenters. The van der Waals surface area contributed by atoms with Gasteiger partial charge in [0.15, 0.2) is 0 Å². The zero-order valence-corrected chi connectivity index (χ0v) is 8.61. The van der Waals surface area contributed by atoms with Gasteiger partial charge in [-0.1, -0.05) is 41.5 Å². The predicted octanol–water partition coefficient (Wildman–Crippen LogP) is 2.55. The molecule has 0 radical (unpaired) electrons. The van der Waals surface area contributed by atoms with Crippen molar-refractivity contribution in [3.63, 3.8) is 0 Å². The lowest BCUT2D eigenvalue weighted by molar-refractivity contribution is -0.140. The van der Waals surface area contributed by atoms with Gasteiger partial charge in [0.1, 0.15) is 13.2 Å². The average Bonchev–Trinajstić information content (AvgIpc) is 2.33. The number of azide groups is 1. The van der Waals surface area contributed by atoms with Gasteiger partial charge in [-0.25, -0.2) is 0 Å². The summed E-state index contributed by atoms with van der Waals surface area (Å²) in [5, 5.41) is 3.09. The lowest BCUT2D eigenvalue weighted by Gasteiger charge is -1.97. The van der Waals surface area contributed by atoms with Crippen LogP contribution in [0.1, 0.15) is 5.56 Å². The quantitative estimate of drug-likeness (QED) is 0.329. The van der Waals surface area contributed by atoms with Crippen LogP contribution in [0.15, 0.2) is 41.5 Å². The van der Waals surface area contributed by atoms with Gasteiger partial charge in [-0.05, 0) is 17.2 Å². The minimum atomic E-state index is -0.532. The van der Waals surface area contributed by atoms with Crippen LogP contribution in [-0.2, 0) is 9.53 Å². The molecule has 0 saturated heterocycles. The fraction of sp³-hybridized carbons (Fsp3) is 0.182. The van der Waals surface area contributed by atoms with Crippen LogP contribution in [0.4, 0.5) is 0 Å². The molecule has 0 saturated carbocycles. The zero-order chi connectivity index (χ0) is 11.6. The minimum absolute atomic E-state index is 0.175. The van der Waals surface area contributed by atoms with Gasteiger partial charge in [0, 0.05) is 4.91 Å². The maximum absolute atomic E-state index is 10.9. The van der Waals surface area contributed by atoms with Crippen molar-refractivity contribution >= 4 is 12.0 Å². The Morgan fingerprint density at radius 2 is 2.19 bits per heavy atom. The van der Waals surface area contributed by atoms with Gasteiger partial charge < -0.3 is 4.74 Å². The van der Waals surface area contributed by atoms with Gasteiger partial charge in [-0.15, -0.1) is 0 Å². The van der Waals surface area contributed by atoms with E-state index in [4.69, 9.17) is 10.3 Å². The highest BCUT2D eigenvalue weighted by atomic mass is 16.5. The number of carbonyl (C=O) groups is 1. The van der Waals surface area contributed by atoms with Crippen LogP contribution in [0.25, 0.3) is 16.5 Å². The van der Waals surface area contributed by atoms with Crippen LogP contribution in [0, 0.1) is 0 Å². The Labute approximate surface area is 93.0 Å². The van der Waals surface area contributed by atoms with E-state index in [9.17, 15) is 4.79 Å². The summed E-state index contributed by atoms with van der Waals surface area (Å²) in [6.07, 6.45) is 3.57. The van der Waals surface area contributed by atoms with Crippen LogP contribution in [0.3, 0.4) is 0 Å². The van der Waals surface area contributed by atoms with Gasteiger partial charge in [0.2, 0.25) is 0 Å². The maximum atomic E-state index is 10.9. The van der Waals surface area contributed by atoms with E-state index in [-0.39, 0.29) is 13.2 Å². The Balaban J connectivity index is 2.28. The van der Waals surface area contributed by atoms with Gasteiger partial charge in [-0.2, -0.15) is 0 Å². The van der Waals surface area contributed by atoms with Crippen molar-refractivity contribution in [3.05, 3.63) is 52.4 Å². The average molecular weight is 217 g/mol. The number of rotatable bonds is 5. The largest absolute Gasteiger partial charge is 0.461 e. The molecule has 0 atom stereocenters. The second kappa shape index (κ2) is 7.09. The Morgan fingerprint density at radius 1 is 1.44 bits per heavy atom. The van der Waals surface area contributed by atoms with Gasteiger partial charge in [-0.3, -0.25) is 4.79 Å². The van der Waals surface area contributed by atoms with Crippen molar-refractivity contribution in [2.24, 2.45) is 5.11 Å². The molecule has 0 N–H and O–H groups in total. The summed E-state index contributed by atoms with van der Waals surface area (Å²) in [5.74, 6) is -0.532. The van der Waals surface area contributed by atoms with Crippen molar-refractivity contribution in [1.29, 1.82) is 0 Å². The first-order valence-electron chi connectivity index (χ1n) is 4.71. The molecule has 16 heavy (non-hydrogen) atoms. The number of benzene rings is 1. The summed E-state index contributed by atoms with van der Waals surface area (Å²) in [5.41, 5.74) is 9.01. The fourth-order valence-corrected chi connectivity index (χ4v) is 1.02. The van der Waals surface area contributed by atoms with E-state index in [0.717, 1.165) is 5.56 Å². The second-order valence-corrected chi connectivity index (χ2v) is 2.89. The third-order valence-electron chi connectivity index (χ3n) is 1.71. The van der Waals surface area contributed by atoms with E-state index in [1.165, 1.54) is 0 Å². The molecule has 0 amide bonds. The number of ether oxygens (including phenoxy) is 1. The highest BCUT2D eigenvalue weighted by Crippen LogP contribution is 2.00. The Hall–Kier alpha value is -2.26. The Bertz CT molecular complexity index is 408. The first-order valence-corrected chi connectivity index (χ1v) is 4.71. The smallest absolute Gasteiger partial charge is 0.312 e. The molecule has 0 bridgehead atoms. The molecule has 1 aromatic rings. The van der Waals surface area contributed by atoms with E-state index in [0.29, 0.717) is 0 Å². The molecule has 1 aromatic carbocycles. The minimum Gasteiger partial charge on any atom is -0.461 e. The first-order chi connectivity index (χ1) is 7.83. The zero-order valence-electron chi connectivity index (χ0n) is 8.61. The Kier molecular flexibility index (Phi) is 5.23. The van der Waals surface area contributed by atoms with Crippen LogP contribution >= 0.6 is 0 Å². The summed E-state index contributed by atoms with van der Waals surface area (Å²) in [7, 11) is 0. The van der Waals surface area contributed by atoms with Crippen molar-refractivity contribution < 1.29 is 9.53 Å². The molecule has 1 rings (SSSR count). The molecule has 5 heteroatoms. The lowest BCUT2D eigenvalue weighted by Crippen LogP contribution is -2.07. The normalized spacial score (nSPS) is 9.75. The highest BCUT2D eigenvalue weighted by molar-refractivity contribution is 5.71. The third-order valence-corrected chi connectivity index (χ3v) is 1.71. The van der Waals surface area contributed by atoms with E-state index >= 15 is 0 Å². The van der Waals surface area contributed by atoms with Crippen LogP contribution < -0.4 is 0 Å². The molecule has 0 aliphatic rings. The number of carbonyl (C=O) groups excluding carboxylic acids is 1. The summed E-state index contributed by atoms with van der Waals surface area (Å²) in [6.45, 7) is -0.0929. The number of hydrogen-bond donors (Lipinski definition) is 0. The van der Waals surface area contributed by atoms with Crippen molar-refractivity contribution in [3.8, 4) is 0 Å². The van der Waals surface area contributed by atoms with Crippen LogP contribution in [-0.4, -0.2) is 19.1 Å². The van der Waals surface area contributed by atoms with Crippen molar-refractivity contribution in [1.82, 2.24) is 0 Å². The van der Waals surface area contributed by atoms with E-state index in [1.54, 1.807) is 6.08 Å². The van der Waals surface area contributed by atoms with E-state index < -0.39 is 5.97 Å². The topological polar surface area (TPSA) is 75.1 Å². The summed E-state index contributed by atoms with van der Waals surface area (Å²) in [6, 6.07) is 9.66. The standard InChI is InChI=1S/C11H11N3O2/c12-14-13-9-11(15)16-8-4-7-10-5-2-1-3-6-10/h1-7H,8-9H2/b7-4+. The van der Waals surface area contributed by atoms with Crippen LogP contribution in [0.5, 0.6) is 0 Å². The van der Waals surface area contributed by atoms with Gasteiger partial charge in [0.05, 0.1) is 0 Å². The first kappa shape index (κ1) is 11.8. The van der Waals surface area contributed by atoms with Gasteiger partial charge in [0.25, 0.3) is 0 Å². The third kappa shape index (κ3) is 4.83. The van der Waals surface area contributed by atoms with E-state index in [1.807, 2.05) is 36.4 Å². The molecule has 0 fully saturated rings. The summed E-state index contributed by atoms with van der Waals surface area (Å²) >= 11 is 0. The predicted molar refractivity (Wildman–Crippen MR) is 60.4 cm³/mol. The molecule has 0 heterocycles. The van der Waals surface area contributed by atoms with Gasteiger partial charge >= 0.3 is 5.97 Å².